The molecule has 17 heavy (non-hydrogen) atoms. The highest BCUT2D eigenvalue weighted by atomic mass is 16.3. The molecule has 0 aliphatic heterocycles. The Morgan fingerprint density at radius 1 is 1.47 bits per heavy atom. The summed E-state index contributed by atoms with van der Waals surface area (Å²) >= 11 is 0. The number of aromatic nitrogens is 1. The SMILES string of the molecule is CCN(c1ncccc1[C@H](C)O)C1CCCC1. The zero-order chi connectivity index (χ0) is 12.3. The Labute approximate surface area is 103 Å². The molecule has 1 aliphatic carbocycles. The second-order valence-electron chi connectivity index (χ2n) is 4.82. The maximum Gasteiger partial charge on any atom is 0.134 e. The number of anilines is 1. The lowest BCUT2D eigenvalue weighted by Crippen LogP contribution is -2.34. The van der Waals surface area contributed by atoms with Gasteiger partial charge in [0.25, 0.3) is 0 Å². The van der Waals surface area contributed by atoms with Crippen LogP contribution in [0.15, 0.2) is 18.3 Å². The molecule has 0 amide bonds. The molecule has 0 aromatic carbocycles. The van der Waals surface area contributed by atoms with Crippen molar-refractivity contribution in [2.24, 2.45) is 0 Å². The van der Waals surface area contributed by atoms with E-state index in [9.17, 15) is 5.11 Å². The monoisotopic (exact) mass is 234 g/mol. The van der Waals surface area contributed by atoms with Gasteiger partial charge in [-0.05, 0) is 32.8 Å². The maximum absolute atomic E-state index is 9.83. The molecule has 0 saturated heterocycles. The molecule has 0 spiro atoms. The minimum atomic E-state index is -0.450. The lowest BCUT2D eigenvalue weighted by molar-refractivity contribution is 0.199. The normalized spacial score (nSPS) is 18.3. The summed E-state index contributed by atoms with van der Waals surface area (Å²) in [6, 6.07) is 4.48. The maximum atomic E-state index is 9.83. The lowest BCUT2D eigenvalue weighted by Gasteiger charge is -2.31. The predicted molar refractivity (Wildman–Crippen MR) is 70.1 cm³/mol. The molecule has 1 saturated carbocycles. The number of hydrogen-bond donors (Lipinski definition) is 1. The minimum absolute atomic E-state index is 0.450. The topological polar surface area (TPSA) is 36.4 Å². The van der Waals surface area contributed by atoms with Crippen molar-refractivity contribution in [1.29, 1.82) is 0 Å². The van der Waals surface area contributed by atoms with Crippen LogP contribution in [0.1, 0.15) is 51.2 Å². The smallest absolute Gasteiger partial charge is 0.134 e. The van der Waals surface area contributed by atoms with Crippen molar-refractivity contribution in [3.05, 3.63) is 23.9 Å². The number of pyridine rings is 1. The first kappa shape index (κ1) is 12.4. The zero-order valence-corrected chi connectivity index (χ0v) is 10.8. The summed E-state index contributed by atoms with van der Waals surface area (Å²) < 4.78 is 0. The molecule has 0 unspecified atom stereocenters. The Bertz CT molecular complexity index is 359. The summed E-state index contributed by atoms with van der Waals surface area (Å²) in [5.74, 6) is 0.969. The largest absolute Gasteiger partial charge is 0.389 e. The van der Waals surface area contributed by atoms with Gasteiger partial charge in [-0.2, -0.15) is 0 Å². The van der Waals surface area contributed by atoms with E-state index in [1.165, 1.54) is 25.7 Å². The molecule has 1 N–H and O–H groups in total. The molecule has 2 rings (SSSR count). The van der Waals surface area contributed by atoms with Crippen LogP contribution in [-0.2, 0) is 0 Å². The van der Waals surface area contributed by atoms with Gasteiger partial charge in [0.15, 0.2) is 0 Å². The van der Waals surface area contributed by atoms with Crippen LogP contribution in [0.2, 0.25) is 0 Å². The van der Waals surface area contributed by atoms with Gasteiger partial charge in [0.2, 0.25) is 0 Å². The molecule has 1 aromatic heterocycles. The van der Waals surface area contributed by atoms with E-state index in [2.05, 4.69) is 16.8 Å². The van der Waals surface area contributed by atoms with Gasteiger partial charge >= 0.3 is 0 Å². The third kappa shape index (κ3) is 2.60. The Hall–Kier alpha value is -1.09. The second kappa shape index (κ2) is 5.50. The van der Waals surface area contributed by atoms with Crippen molar-refractivity contribution in [3.63, 3.8) is 0 Å². The lowest BCUT2D eigenvalue weighted by atomic mass is 10.1. The van der Waals surface area contributed by atoms with E-state index in [-0.39, 0.29) is 0 Å². The molecule has 1 fully saturated rings. The molecule has 0 radical (unpaired) electrons. The van der Waals surface area contributed by atoms with Gasteiger partial charge in [-0.1, -0.05) is 18.9 Å². The second-order valence-corrected chi connectivity index (χ2v) is 4.82. The van der Waals surface area contributed by atoms with E-state index in [0.717, 1.165) is 17.9 Å². The molecule has 3 heteroatoms. The van der Waals surface area contributed by atoms with Crippen LogP contribution in [-0.4, -0.2) is 22.7 Å². The summed E-state index contributed by atoms with van der Waals surface area (Å²) in [6.07, 6.45) is 6.51. The average molecular weight is 234 g/mol. The van der Waals surface area contributed by atoms with Crippen molar-refractivity contribution in [2.75, 3.05) is 11.4 Å². The van der Waals surface area contributed by atoms with Gasteiger partial charge in [0, 0.05) is 24.3 Å². The van der Waals surface area contributed by atoms with E-state index in [0.29, 0.717) is 6.04 Å². The summed E-state index contributed by atoms with van der Waals surface area (Å²) in [6.45, 7) is 4.93. The van der Waals surface area contributed by atoms with Gasteiger partial charge in [0.1, 0.15) is 5.82 Å². The van der Waals surface area contributed by atoms with Gasteiger partial charge in [0.05, 0.1) is 6.10 Å². The molecule has 1 heterocycles. The third-order valence-corrected chi connectivity index (χ3v) is 3.65. The summed E-state index contributed by atoms with van der Waals surface area (Å²) in [5, 5.41) is 9.83. The zero-order valence-electron chi connectivity index (χ0n) is 10.8. The van der Waals surface area contributed by atoms with E-state index in [1.54, 1.807) is 0 Å². The number of aliphatic hydroxyl groups is 1. The fourth-order valence-corrected chi connectivity index (χ4v) is 2.77. The fourth-order valence-electron chi connectivity index (χ4n) is 2.77. The fraction of sp³-hybridized carbons (Fsp3) is 0.643. The number of nitrogens with zero attached hydrogens (tertiary/aromatic N) is 2. The van der Waals surface area contributed by atoms with Crippen LogP contribution >= 0.6 is 0 Å². The van der Waals surface area contributed by atoms with Gasteiger partial charge < -0.3 is 10.0 Å². The van der Waals surface area contributed by atoms with Crippen LogP contribution in [0.4, 0.5) is 5.82 Å². The highest BCUT2D eigenvalue weighted by Crippen LogP contribution is 2.30. The number of hydrogen-bond acceptors (Lipinski definition) is 3. The number of rotatable bonds is 4. The first-order chi connectivity index (χ1) is 8.24. The Kier molecular flexibility index (Phi) is 4.00. The van der Waals surface area contributed by atoms with Crippen molar-refractivity contribution in [1.82, 2.24) is 4.98 Å². The molecular formula is C14H22N2O. The summed E-state index contributed by atoms with van der Waals surface area (Å²) in [4.78, 5) is 6.84. The Morgan fingerprint density at radius 2 is 2.18 bits per heavy atom. The first-order valence-electron chi connectivity index (χ1n) is 6.63. The van der Waals surface area contributed by atoms with Crippen molar-refractivity contribution < 1.29 is 5.11 Å². The number of aliphatic hydroxyl groups excluding tert-OH is 1. The van der Waals surface area contributed by atoms with E-state index in [1.807, 2.05) is 25.3 Å². The summed E-state index contributed by atoms with van der Waals surface area (Å²) in [7, 11) is 0. The van der Waals surface area contributed by atoms with E-state index < -0.39 is 6.10 Å². The van der Waals surface area contributed by atoms with Crippen LogP contribution in [0.3, 0.4) is 0 Å². The standard InChI is InChI=1S/C14H22N2O/c1-3-16(12-7-4-5-8-12)14-13(11(2)17)9-6-10-15-14/h6,9-12,17H,3-5,7-8H2,1-2H3/t11-/m0/s1. The highest BCUT2D eigenvalue weighted by molar-refractivity contribution is 5.48. The van der Waals surface area contributed by atoms with Crippen molar-refractivity contribution in [2.45, 2.75) is 51.7 Å². The first-order valence-corrected chi connectivity index (χ1v) is 6.63. The predicted octanol–water partition coefficient (Wildman–Crippen LogP) is 2.90. The van der Waals surface area contributed by atoms with Gasteiger partial charge in [-0.25, -0.2) is 4.98 Å². The van der Waals surface area contributed by atoms with E-state index in [4.69, 9.17) is 0 Å². The van der Waals surface area contributed by atoms with E-state index >= 15 is 0 Å². The quantitative estimate of drug-likeness (QED) is 0.870. The minimum Gasteiger partial charge on any atom is -0.389 e. The van der Waals surface area contributed by atoms with Gasteiger partial charge in [-0.15, -0.1) is 0 Å². The molecule has 0 bridgehead atoms. The molecule has 1 aliphatic rings. The Balaban J connectivity index is 2.29. The van der Waals surface area contributed by atoms with Gasteiger partial charge in [-0.3, -0.25) is 0 Å². The molecule has 1 aromatic rings. The summed E-state index contributed by atoms with van der Waals surface area (Å²) in [5.41, 5.74) is 0.946. The van der Waals surface area contributed by atoms with Crippen molar-refractivity contribution >= 4 is 5.82 Å². The average Bonchev–Trinajstić information content (AvgIpc) is 2.84. The molecule has 3 nitrogen and oxygen atoms in total. The van der Waals surface area contributed by atoms with Crippen molar-refractivity contribution in [3.8, 4) is 0 Å². The third-order valence-electron chi connectivity index (χ3n) is 3.65. The van der Waals surface area contributed by atoms with Crippen LogP contribution in [0.5, 0.6) is 0 Å². The van der Waals surface area contributed by atoms with Crippen LogP contribution < -0.4 is 4.90 Å². The molecular weight excluding hydrogens is 212 g/mol. The molecule has 94 valence electrons. The highest BCUT2D eigenvalue weighted by Gasteiger charge is 2.24. The molecule has 1 atom stereocenters. The Morgan fingerprint density at radius 3 is 2.76 bits per heavy atom. The van der Waals surface area contributed by atoms with Crippen LogP contribution in [0, 0.1) is 0 Å². The van der Waals surface area contributed by atoms with Crippen LogP contribution in [0.25, 0.3) is 0 Å².